The van der Waals surface area contributed by atoms with Crippen LogP contribution >= 0.6 is 0 Å². The number of aromatic nitrogens is 4. The third-order valence-corrected chi connectivity index (χ3v) is 4.92. The molecule has 7 heteroatoms. The van der Waals surface area contributed by atoms with Crippen LogP contribution in [0.3, 0.4) is 0 Å². The molecule has 0 radical (unpaired) electrons. The molecule has 1 aliphatic heterocycles. The summed E-state index contributed by atoms with van der Waals surface area (Å²) in [6, 6.07) is 10.1. The summed E-state index contributed by atoms with van der Waals surface area (Å²) in [4.78, 5) is 31.3. The van der Waals surface area contributed by atoms with E-state index in [0.717, 1.165) is 31.1 Å². The average molecular weight is 354 g/mol. The maximum absolute atomic E-state index is 13.1. The van der Waals surface area contributed by atoms with Gasteiger partial charge in [-0.3, -0.25) is 13.9 Å². The molecule has 0 saturated heterocycles. The van der Waals surface area contributed by atoms with Gasteiger partial charge in [-0.15, -0.1) is 0 Å². The summed E-state index contributed by atoms with van der Waals surface area (Å²) in [6.07, 6.45) is 0.936. The molecule has 0 amide bonds. The first kappa shape index (κ1) is 16.6. The van der Waals surface area contributed by atoms with E-state index in [1.54, 1.807) is 11.6 Å². The second kappa shape index (κ2) is 6.16. The Bertz CT molecular complexity index is 1080. The average Bonchev–Trinajstić information content (AvgIpc) is 3.04. The van der Waals surface area contributed by atoms with Crippen LogP contribution in [0.1, 0.15) is 20.3 Å². The molecule has 0 fully saturated rings. The molecule has 26 heavy (non-hydrogen) atoms. The Kier molecular flexibility index (Phi) is 3.94. The van der Waals surface area contributed by atoms with Crippen LogP contribution in [0.25, 0.3) is 11.2 Å². The van der Waals surface area contributed by atoms with Gasteiger partial charge in [-0.1, -0.05) is 32.0 Å². The zero-order valence-corrected chi connectivity index (χ0v) is 15.4. The topological polar surface area (TPSA) is 66.9 Å². The van der Waals surface area contributed by atoms with Crippen LogP contribution in [0, 0.1) is 5.92 Å². The summed E-state index contributed by atoms with van der Waals surface area (Å²) < 4.78 is 4.92. The predicted molar refractivity (Wildman–Crippen MR) is 101 cm³/mol. The first-order valence-corrected chi connectivity index (χ1v) is 9.07. The van der Waals surface area contributed by atoms with Crippen LogP contribution in [0.5, 0.6) is 0 Å². The van der Waals surface area contributed by atoms with Gasteiger partial charge in [0.2, 0.25) is 11.2 Å². The number of nitrogens with one attached hydrogen (secondary N) is 1. The lowest BCUT2D eigenvalue weighted by Gasteiger charge is -2.22. The lowest BCUT2D eigenvalue weighted by Crippen LogP contribution is -2.49. The second-order valence-electron chi connectivity index (χ2n) is 7.29. The zero-order valence-electron chi connectivity index (χ0n) is 15.4. The first-order chi connectivity index (χ1) is 12.5. The van der Waals surface area contributed by atoms with Gasteiger partial charge in [0, 0.05) is 20.0 Å². The lowest BCUT2D eigenvalue weighted by atomic mass is 10.2. The minimum atomic E-state index is -0.276. The fourth-order valence-electron chi connectivity index (χ4n) is 3.73. The number of anilines is 2. The standard InChI is InChI=1S/C19H23N5O2/c1-13(2)12-24-17(25)15-16(21(3)19(24)26)20-18-22(10-7-11-23(15)18)14-8-5-4-6-9-14/h4-6,8-9,13H,7,10-12H2,1-3H3/p+1. The quantitative estimate of drug-likeness (QED) is 0.725. The van der Waals surface area contributed by atoms with Crippen molar-refractivity contribution in [2.45, 2.75) is 33.4 Å². The van der Waals surface area contributed by atoms with E-state index in [1.165, 1.54) is 4.57 Å². The van der Waals surface area contributed by atoms with Crippen molar-refractivity contribution < 1.29 is 4.57 Å². The Morgan fingerprint density at radius 2 is 1.92 bits per heavy atom. The Labute approximate surface area is 151 Å². The summed E-state index contributed by atoms with van der Waals surface area (Å²) in [7, 11) is 1.72. The SMILES string of the molecule is CC(C)Cn1c(=O)c2c([nH]c3[n+]2CCCN3c2ccccc2)n(C)c1=O. The number of aryl methyl sites for hydroxylation is 2. The van der Waals surface area contributed by atoms with Crippen molar-refractivity contribution in [2.75, 3.05) is 11.4 Å². The van der Waals surface area contributed by atoms with E-state index in [2.05, 4.69) is 22.0 Å². The fourth-order valence-corrected chi connectivity index (χ4v) is 3.73. The van der Waals surface area contributed by atoms with Gasteiger partial charge in [-0.2, -0.15) is 0 Å². The molecule has 0 atom stereocenters. The van der Waals surface area contributed by atoms with Gasteiger partial charge in [-0.05, 0) is 18.1 Å². The molecule has 3 aromatic rings. The molecule has 0 aliphatic carbocycles. The van der Waals surface area contributed by atoms with E-state index in [0.29, 0.717) is 17.7 Å². The number of fused-ring (bicyclic) bond motifs is 3. The number of imidazole rings is 1. The Balaban J connectivity index is 1.99. The Hall–Kier alpha value is -2.83. The molecule has 4 rings (SSSR count). The number of rotatable bonds is 3. The van der Waals surface area contributed by atoms with Crippen LogP contribution in [-0.4, -0.2) is 20.7 Å². The normalized spacial score (nSPS) is 14.2. The van der Waals surface area contributed by atoms with E-state index in [-0.39, 0.29) is 17.2 Å². The van der Waals surface area contributed by atoms with Crippen LogP contribution in [-0.2, 0) is 20.1 Å². The maximum Gasteiger partial charge on any atom is 0.364 e. The van der Waals surface area contributed by atoms with Crippen LogP contribution in [0.2, 0.25) is 0 Å². The molecule has 0 saturated carbocycles. The van der Waals surface area contributed by atoms with Crippen molar-refractivity contribution in [3.05, 3.63) is 51.2 Å². The van der Waals surface area contributed by atoms with Crippen LogP contribution < -0.4 is 20.7 Å². The largest absolute Gasteiger partial charge is 0.364 e. The number of aromatic amines is 1. The highest BCUT2D eigenvalue weighted by molar-refractivity contribution is 5.70. The summed E-state index contributed by atoms with van der Waals surface area (Å²) in [6.45, 7) is 6.06. The van der Waals surface area contributed by atoms with Gasteiger partial charge < -0.3 is 0 Å². The van der Waals surface area contributed by atoms with E-state index < -0.39 is 0 Å². The fraction of sp³-hybridized carbons (Fsp3) is 0.421. The highest BCUT2D eigenvalue weighted by Gasteiger charge is 2.33. The molecule has 3 heterocycles. The zero-order chi connectivity index (χ0) is 18.4. The maximum atomic E-state index is 13.1. The molecule has 1 N–H and O–H groups in total. The van der Waals surface area contributed by atoms with Gasteiger partial charge in [0.1, 0.15) is 5.69 Å². The number of H-pyrrole nitrogens is 1. The highest BCUT2D eigenvalue weighted by atomic mass is 16.2. The lowest BCUT2D eigenvalue weighted by molar-refractivity contribution is -0.663. The molecule has 1 aliphatic rings. The molecule has 0 unspecified atom stereocenters. The van der Waals surface area contributed by atoms with Crippen molar-refractivity contribution in [1.82, 2.24) is 14.1 Å². The number of hydrogen-bond donors (Lipinski definition) is 1. The van der Waals surface area contributed by atoms with E-state index in [9.17, 15) is 9.59 Å². The van der Waals surface area contributed by atoms with E-state index >= 15 is 0 Å². The highest BCUT2D eigenvalue weighted by Crippen LogP contribution is 2.25. The van der Waals surface area contributed by atoms with Gasteiger partial charge in [0.25, 0.3) is 5.56 Å². The summed E-state index contributed by atoms with van der Waals surface area (Å²) in [5.74, 6) is 1.07. The van der Waals surface area contributed by atoms with E-state index in [4.69, 9.17) is 0 Å². The van der Waals surface area contributed by atoms with Crippen molar-refractivity contribution in [1.29, 1.82) is 0 Å². The Morgan fingerprint density at radius 3 is 2.62 bits per heavy atom. The minimum Gasteiger partial charge on any atom is -0.267 e. The third kappa shape index (κ3) is 2.46. The smallest absolute Gasteiger partial charge is 0.267 e. The van der Waals surface area contributed by atoms with Gasteiger partial charge >= 0.3 is 11.6 Å². The summed E-state index contributed by atoms with van der Waals surface area (Å²) in [5.41, 5.74) is 1.73. The predicted octanol–water partition coefficient (Wildman–Crippen LogP) is 1.51. The summed E-state index contributed by atoms with van der Waals surface area (Å²) in [5, 5.41) is 0. The minimum absolute atomic E-state index is 0.214. The molecule has 136 valence electrons. The van der Waals surface area contributed by atoms with Crippen LogP contribution in [0.4, 0.5) is 11.6 Å². The van der Waals surface area contributed by atoms with Gasteiger partial charge in [0.15, 0.2) is 0 Å². The van der Waals surface area contributed by atoms with Crippen molar-refractivity contribution in [3.8, 4) is 0 Å². The summed E-state index contributed by atoms with van der Waals surface area (Å²) >= 11 is 0. The number of para-hydroxylation sites is 1. The molecule has 0 spiro atoms. The third-order valence-electron chi connectivity index (χ3n) is 4.92. The van der Waals surface area contributed by atoms with Gasteiger partial charge in [0.05, 0.1) is 13.1 Å². The van der Waals surface area contributed by atoms with Crippen molar-refractivity contribution in [3.63, 3.8) is 0 Å². The molecule has 7 nitrogen and oxygen atoms in total. The molecule has 1 aromatic carbocycles. The first-order valence-electron chi connectivity index (χ1n) is 9.07. The number of benzene rings is 1. The monoisotopic (exact) mass is 354 g/mol. The van der Waals surface area contributed by atoms with Crippen LogP contribution in [0.15, 0.2) is 39.9 Å². The molecular formula is C19H24N5O2+. The molecular weight excluding hydrogens is 330 g/mol. The molecule has 2 aromatic heterocycles. The number of nitrogens with zero attached hydrogens (tertiary/aromatic N) is 4. The number of hydrogen-bond acceptors (Lipinski definition) is 3. The molecule has 0 bridgehead atoms. The van der Waals surface area contributed by atoms with Gasteiger partial charge in [-0.25, -0.2) is 19.2 Å². The van der Waals surface area contributed by atoms with Crippen molar-refractivity contribution >= 4 is 22.8 Å². The van der Waals surface area contributed by atoms with Crippen molar-refractivity contribution in [2.24, 2.45) is 13.0 Å². The second-order valence-corrected chi connectivity index (χ2v) is 7.29. The van der Waals surface area contributed by atoms with E-state index in [1.807, 2.05) is 36.6 Å². The Morgan fingerprint density at radius 1 is 1.19 bits per heavy atom.